The Balaban J connectivity index is 2.14. The van der Waals surface area contributed by atoms with Gasteiger partial charge in [0.25, 0.3) is 0 Å². The summed E-state index contributed by atoms with van der Waals surface area (Å²) in [7, 11) is 0. The SMILES string of the molecule is CC(N1Cc2ccccc2C1)C(C)(C)N. The normalized spacial score (nSPS) is 18.9. The third kappa shape index (κ3) is 2.06. The van der Waals surface area contributed by atoms with Gasteiger partial charge in [0.1, 0.15) is 0 Å². The van der Waals surface area contributed by atoms with E-state index in [1.165, 1.54) is 11.1 Å². The highest BCUT2D eigenvalue weighted by atomic mass is 15.2. The number of nitrogens with two attached hydrogens (primary N) is 1. The van der Waals surface area contributed by atoms with Crippen LogP contribution in [-0.2, 0) is 13.1 Å². The number of nitrogens with zero attached hydrogens (tertiary/aromatic N) is 1. The molecule has 1 atom stereocenters. The van der Waals surface area contributed by atoms with E-state index < -0.39 is 0 Å². The monoisotopic (exact) mass is 204 g/mol. The molecule has 0 aliphatic carbocycles. The van der Waals surface area contributed by atoms with Crippen LogP contribution >= 0.6 is 0 Å². The minimum atomic E-state index is -0.137. The van der Waals surface area contributed by atoms with E-state index in [4.69, 9.17) is 5.73 Å². The van der Waals surface area contributed by atoms with Gasteiger partial charge < -0.3 is 5.73 Å². The Bertz CT molecular complexity index is 327. The van der Waals surface area contributed by atoms with Crippen molar-refractivity contribution in [2.75, 3.05) is 0 Å². The van der Waals surface area contributed by atoms with Crippen LogP contribution in [0.25, 0.3) is 0 Å². The van der Waals surface area contributed by atoms with E-state index in [0.29, 0.717) is 6.04 Å². The third-order valence-corrected chi connectivity index (χ3v) is 3.49. The fourth-order valence-electron chi connectivity index (χ4n) is 2.10. The van der Waals surface area contributed by atoms with Crippen LogP contribution in [0.4, 0.5) is 0 Å². The molecule has 1 aromatic carbocycles. The Kier molecular flexibility index (Phi) is 2.57. The molecule has 0 aromatic heterocycles. The van der Waals surface area contributed by atoms with Gasteiger partial charge in [0, 0.05) is 24.7 Å². The van der Waals surface area contributed by atoms with Crippen molar-refractivity contribution in [2.24, 2.45) is 5.73 Å². The average molecular weight is 204 g/mol. The summed E-state index contributed by atoms with van der Waals surface area (Å²) in [4.78, 5) is 2.45. The summed E-state index contributed by atoms with van der Waals surface area (Å²) in [5, 5.41) is 0. The van der Waals surface area contributed by atoms with E-state index in [2.05, 4.69) is 49.9 Å². The summed E-state index contributed by atoms with van der Waals surface area (Å²) >= 11 is 0. The van der Waals surface area contributed by atoms with E-state index >= 15 is 0 Å². The minimum Gasteiger partial charge on any atom is -0.324 e. The summed E-state index contributed by atoms with van der Waals surface area (Å²) in [5.41, 5.74) is 8.92. The van der Waals surface area contributed by atoms with Gasteiger partial charge in [-0.1, -0.05) is 24.3 Å². The van der Waals surface area contributed by atoms with Crippen molar-refractivity contribution in [1.29, 1.82) is 0 Å². The second-order valence-electron chi connectivity index (χ2n) is 5.17. The smallest absolute Gasteiger partial charge is 0.0252 e. The summed E-state index contributed by atoms with van der Waals surface area (Å²) in [6, 6.07) is 9.06. The van der Waals surface area contributed by atoms with E-state index in [9.17, 15) is 0 Å². The van der Waals surface area contributed by atoms with Crippen molar-refractivity contribution in [2.45, 2.75) is 45.4 Å². The van der Waals surface area contributed by atoms with Crippen molar-refractivity contribution < 1.29 is 0 Å². The lowest BCUT2D eigenvalue weighted by Gasteiger charge is -2.34. The zero-order valence-electron chi connectivity index (χ0n) is 9.83. The molecule has 0 saturated heterocycles. The number of fused-ring (bicyclic) bond motifs is 1. The molecule has 2 nitrogen and oxygen atoms in total. The van der Waals surface area contributed by atoms with Crippen molar-refractivity contribution in [3.8, 4) is 0 Å². The van der Waals surface area contributed by atoms with Gasteiger partial charge in [-0.25, -0.2) is 0 Å². The first-order valence-corrected chi connectivity index (χ1v) is 5.58. The second-order valence-corrected chi connectivity index (χ2v) is 5.17. The van der Waals surface area contributed by atoms with Gasteiger partial charge in [-0.05, 0) is 31.9 Å². The van der Waals surface area contributed by atoms with Crippen LogP contribution < -0.4 is 5.73 Å². The Morgan fingerprint density at radius 1 is 1.20 bits per heavy atom. The molecule has 0 amide bonds. The van der Waals surface area contributed by atoms with Gasteiger partial charge >= 0.3 is 0 Å². The van der Waals surface area contributed by atoms with E-state index in [-0.39, 0.29) is 5.54 Å². The van der Waals surface area contributed by atoms with Crippen LogP contribution in [0.3, 0.4) is 0 Å². The standard InChI is InChI=1S/C13H20N2/c1-10(13(2,3)14)15-8-11-6-4-5-7-12(11)9-15/h4-7,10H,8-9,14H2,1-3H3. The van der Waals surface area contributed by atoms with Gasteiger partial charge in [-0.15, -0.1) is 0 Å². The average Bonchev–Trinajstić information content (AvgIpc) is 2.58. The maximum atomic E-state index is 6.15. The molecule has 15 heavy (non-hydrogen) atoms. The van der Waals surface area contributed by atoms with Crippen LogP contribution in [0.2, 0.25) is 0 Å². The maximum Gasteiger partial charge on any atom is 0.0252 e. The molecule has 1 aliphatic heterocycles. The molecule has 0 spiro atoms. The van der Waals surface area contributed by atoms with Crippen molar-refractivity contribution >= 4 is 0 Å². The van der Waals surface area contributed by atoms with Crippen LogP contribution in [-0.4, -0.2) is 16.5 Å². The van der Waals surface area contributed by atoms with Crippen molar-refractivity contribution in [1.82, 2.24) is 4.90 Å². The number of rotatable bonds is 2. The van der Waals surface area contributed by atoms with E-state index in [1.54, 1.807) is 0 Å². The Labute approximate surface area is 92.1 Å². The number of hydrogen-bond donors (Lipinski definition) is 1. The summed E-state index contributed by atoms with van der Waals surface area (Å²) in [6.07, 6.45) is 0. The zero-order valence-corrected chi connectivity index (χ0v) is 9.83. The minimum absolute atomic E-state index is 0.137. The summed E-state index contributed by atoms with van der Waals surface area (Å²) < 4.78 is 0. The topological polar surface area (TPSA) is 29.3 Å². The highest BCUT2D eigenvalue weighted by molar-refractivity contribution is 5.30. The molecule has 1 aliphatic rings. The highest BCUT2D eigenvalue weighted by Gasteiger charge is 2.30. The molecule has 2 heteroatoms. The largest absolute Gasteiger partial charge is 0.324 e. The molecular formula is C13H20N2. The molecular weight excluding hydrogens is 184 g/mol. The Morgan fingerprint density at radius 2 is 1.67 bits per heavy atom. The van der Waals surface area contributed by atoms with Gasteiger partial charge in [-0.2, -0.15) is 0 Å². The molecule has 82 valence electrons. The van der Waals surface area contributed by atoms with Crippen LogP contribution in [0.5, 0.6) is 0 Å². The lowest BCUT2D eigenvalue weighted by atomic mass is 9.96. The zero-order chi connectivity index (χ0) is 11.1. The summed E-state index contributed by atoms with van der Waals surface area (Å²) in [5.74, 6) is 0. The van der Waals surface area contributed by atoms with Gasteiger partial charge in [-0.3, -0.25) is 4.90 Å². The van der Waals surface area contributed by atoms with Crippen LogP contribution in [0, 0.1) is 0 Å². The molecule has 1 heterocycles. The lowest BCUT2D eigenvalue weighted by molar-refractivity contribution is 0.149. The van der Waals surface area contributed by atoms with Crippen molar-refractivity contribution in [3.63, 3.8) is 0 Å². The van der Waals surface area contributed by atoms with Crippen molar-refractivity contribution in [3.05, 3.63) is 35.4 Å². The van der Waals surface area contributed by atoms with Gasteiger partial charge in [0.15, 0.2) is 0 Å². The second kappa shape index (κ2) is 3.62. The molecule has 2 N–H and O–H groups in total. The molecule has 1 aromatic rings. The quantitative estimate of drug-likeness (QED) is 0.799. The molecule has 0 fully saturated rings. The first-order chi connectivity index (χ1) is 6.98. The summed E-state index contributed by atoms with van der Waals surface area (Å²) in [6.45, 7) is 8.49. The van der Waals surface area contributed by atoms with E-state index in [0.717, 1.165) is 13.1 Å². The molecule has 0 bridgehead atoms. The third-order valence-electron chi connectivity index (χ3n) is 3.49. The molecule has 2 rings (SSSR count). The fraction of sp³-hybridized carbons (Fsp3) is 0.538. The maximum absolute atomic E-state index is 6.15. The first kappa shape index (κ1) is 10.7. The van der Waals surface area contributed by atoms with Crippen LogP contribution in [0.1, 0.15) is 31.9 Å². The molecule has 0 radical (unpaired) electrons. The fourth-order valence-corrected chi connectivity index (χ4v) is 2.10. The number of hydrogen-bond acceptors (Lipinski definition) is 2. The highest BCUT2D eigenvalue weighted by Crippen LogP contribution is 2.26. The predicted molar refractivity (Wildman–Crippen MR) is 63.4 cm³/mol. The van der Waals surface area contributed by atoms with Gasteiger partial charge in [0.05, 0.1) is 0 Å². The number of benzene rings is 1. The van der Waals surface area contributed by atoms with E-state index in [1.807, 2.05) is 0 Å². The van der Waals surface area contributed by atoms with Crippen LogP contribution in [0.15, 0.2) is 24.3 Å². The van der Waals surface area contributed by atoms with Gasteiger partial charge in [0.2, 0.25) is 0 Å². The Hall–Kier alpha value is -0.860. The molecule has 0 saturated carbocycles. The predicted octanol–water partition coefficient (Wildman–Crippen LogP) is 2.13. The molecule has 1 unspecified atom stereocenters. The Morgan fingerprint density at radius 3 is 2.07 bits per heavy atom. The lowest BCUT2D eigenvalue weighted by Crippen LogP contribution is -2.51. The first-order valence-electron chi connectivity index (χ1n) is 5.58.